The monoisotopic (exact) mass is 418 g/mol. The van der Waals surface area contributed by atoms with Crippen molar-refractivity contribution in [2.45, 2.75) is 13.8 Å². The molecule has 0 radical (unpaired) electrons. The third kappa shape index (κ3) is 5.88. The smallest absolute Gasteiger partial charge is 0.319 e. The van der Waals surface area contributed by atoms with Gasteiger partial charge in [0.05, 0.1) is 5.75 Å². The minimum Gasteiger partial charge on any atom is -0.338 e. The molecule has 2 aromatic rings. The lowest BCUT2D eigenvalue weighted by Crippen LogP contribution is -2.50. The number of urea groups is 1. The number of carbonyl (C=O) groups excluding carboxylic acids is 1. The Morgan fingerprint density at radius 3 is 2.28 bits per heavy atom. The van der Waals surface area contributed by atoms with Gasteiger partial charge in [-0.05, 0) is 43.2 Å². The van der Waals surface area contributed by atoms with Crippen LogP contribution in [0.3, 0.4) is 0 Å². The van der Waals surface area contributed by atoms with Crippen LogP contribution in [-0.4, -0.2) is 67.2 Å². The Morgan fingerprint density at radius 1 is 1.03 bits per heavy atom. The summed E-state index contributed by atoms with van der Waals surface area (Å²) in [6.45, 7) is 5.75. The second kappa shape index (κ2) is 9.19. The van der Waals surface area contributed by atoms with Gasteiger partial charge in [-0.1, -0.05) is 6.07 Å². The van der Waals surface area contributed by atoms with Gasteiger partial charge in [0.15, 0.2) is 0 Å². The van der Waals surface area contributed by atoms with Crippen LogP contribution >= 0.6 is 0 Å². The summed E-state index contributed by atoms with van der Waals surface area (Å²) in [6.07, 6.45) is 3.33. The zero-order valence-electron chi connectivity index (χ0n) is 16.6. The fourth-order valence-corrected chi connectivity index (χ4v) is 4.60. The van der Waals surface area contributed by atoms with Gasteiger partial charge in [0.2, 0.25) is 16.0 Å². The van der Waals surface area contributed by atoms with E-state index in [-0.39, 0.29) is 12.3 Å². The SMILES string of the molecule is Cc1cc(C)cc(NC(=O)NCCS(=O)(=O)N2CCN(c3ncccn3)CC2)c1. The van der Waals surface area contributed by atoms with Crippen LogP contribution in [0.15, 0.2) is 36.7 Å². The molecule has 0 aliphatic carbocycles. The highest BCUT2D eigenvalue weighted by atomic mass is 32.2. The Hall–Kier alpha value is -2.72. The molecule has 1 aliphatic rings. The number of sulfonamides is 1. The van der Waals surface area contributed by atoms with Crippen molar-refractivity contribution in [2.24, 2.45) is 0 Å². The van der Waals surface area contributed by atoms with Crippen molar-refractivity contribution < 1.29 is 13.2 Å². The van der Waals surface area contributed by atoms with Gasteiger partial charge in [0.1, 0.15) is 0 Å². The summed E-state index contributed by atoms with van der Waals surface area (Å²) in [6, 6.07) is 7.06. The first kappa shape index (κ1) is 21.0. The second-order valence-corrected chi connectivity index (χ2v) is 9.10. The molecule has 0 spiro atoms. The van der Waals surface area contributed by atoms with Crippen LogP contribution in [0.5, 0.6) is 0 Å². The van der Waals surface area contributed by atoms with Gasteiger partial charge >= 0.3 is 6.03 Å². The third-order valence-corrected chi connectivity index (χ3v) is 6.46. The van der Waals surface area contributed by atoms with Crippen LogP contribution in [0.1, 0.15) is 11.1 Å². The molecule has 1 saturated heterocycles. The summed E-state index contributed by atoms with van der Waals surface area (Å²) in [5.41, 5.74) is 2.77. The van der Waals surface area contributed by atoms with Crippen molar-refractivity contribution in [1.29, 1.82) is 0 Å². The number of amides is 2. The summed E-state index contributed by atoms with van der Waals surface area (Å²) < 4.78 is 26.6. The number of carbonyl (C=O) groups is 1. The van der Waals surface area contributed by atoms with Crippen molar-refractivity contribution in [3.8, 4) is 0 Å². The van der Waals surface area contributed by atoms with Gasteiger partial charge in [-0.3, -0.25) is 0 Å². The molecule has 2 N–H and O–H groups in total. The molecule has 2 amide bonds. The van der Waals surface area contributed by atoms with Crippen LogP contribution in [0.4, 0.5) is 16.4 Å². The lowest BCUT2D eigenvalue weighted by atomic mass is 10.1. The standard InChI is InChI=1S/C19H26N6O3S/c1-15-12-16(2)14-17(13-15)23-19(26)22-6-11-29(27,28)25-9-7-24(8-10-25)18-20-4-3-5-21-18/h3-5,12-14H,6-11H2,1-2H3,(H2,22,23,26). The number of nitrogens with one attached hydrogen (secondary N) is 2. The van der Waals surface area contributed by atoms with Crippen molar-refractivity contribution >= 4 is 27.7 Å². The van der Waals surface area contributed by atoms with Crippen LogP contribution in [0.25, 0.3) is 0 Å². The van der Waals surface area contributed by atoms with Gasteiger partial charge in [0.25, 0.3) is 0 Å². The summed E-state index contributed by atoms with van der Waals surface area (Å²) in [7, 11) is -3.45. The molecule has 1 aliphatic heterocycles. The van der Waals surface area contributed by atoms with Crippen molar-refractivity contribution in [1.82, 2.24) is 19.6 Å². The number of nitrogens with zero attached hydrogens (tertiary/aromatic N) is 4. The lowest BCUT2D eigenvalue weighted by molar-refractivity contribution is 0.252. The fraction of sp³-hybridized carbons (Fsp3) is 0.421. The molecule has 0 unspecified atom stereocenters. The van der Waals surface area contributed by atoms with E-state index in [4.69, 9.17) is 0 Å². The highest BCUT2D eigenvalue weighted by molar-refractivity contribution is 7.89. The van der Waals surface area contributed by atoms with Gasteiger partial charge in [-0.2, -0.15) is 4.31 Å². The Labute approximate surface area is 171 Å². The molecule has 156 valence electrons. The number of anilines is 2. The van der Waals surface area contributed by atoms with Gasteiger partial charge in [-0.15, -0.1) is 0 Å². The molecular weight excluding hydrogens is 392 g/mol. The number of rotatable bonds is 6. The Kier molecular flexibility index (Phi) is 6.65. The van der Waals surface area contributed by atoms with Crippen molar-refractivity contribution in [3.63, 3.8) is 0 Å². The number of aryl methyl sites for hydroxylation is 2. The summed E-state index contributed by atoms with van der Waals surface area (Å²) in [4.78, 5) is 22.4. The lowest BCUT2D eigenvalue weighted by Gasteiger charge is -2.33. The van der Waals surface area contributed by atoms with E-state index < -0.39 is 16.1 Å². The van der Waals surface area contributed by atoms with Crippen LogP contribution < -0.4 is 15.5 Å². The van der Waals surface area contributed by atoms with Crippen LogP contribution in [0, 0.1) is 13.8 Å². The van der Waals surface area contributed by atoms with Gasteiger partial charge < -0.3 is 15.5 Å². The molecule has 1 aromatic carbocycles. The van der Waals surface area contributed by atoms with E-state index in [0.29, 0.717) is 37.8 Å². The molecule has 3 rings (SSSR count). The molecule has 1 fully saturated rings. The van der Waals surface area contributed by atoms with E-state index in [1.807, 2.05) is 36.9 Å². The first-order valence-corrected chi connectivity index (χ1v) is 11.1. The first-order valence-electron chi connectivity index (χ1n) is 9.46. The summed E-state index contributed by atoms with van der Waals surface area (Å²) in [5, 5.41) is 5.35. The van der Waals surface area contributed by atoms with Crippen LogP contribution in [-0.2, 0) is 10.0 Å². The molecule has 29 heavy (non-hydrogen) atoms. The largest absolute Gasteiger partial charge is 0.338 e. The quantitative estimate of drug-likeness (QED) is 0.734. The molecule has 0 saturated carbocycles. The highest BCUT2D eigenvalue weighted by Gasteiger charge is 2.27. The number of hydrogen-bond acceptors (Lipinski definition) is 6. The Balaban J connectivity index is 1.44. The molecule has 0 bridgehead atoms. The maximum absolute atomic E-state index is 12.6. The molecular formula is C19H26N6O3S. The Morgan fingerprint density at radius 2 is 1.66 bits per heavy atom. The number of hydrogen-bond donors (Lipinski definition) is 2. The summed E-state index contributed by atoms with van der Waals surface area (Å²) in [5.74, 6) is 0.462. The zero-order valence-corrected chi connectivity index (χ0v) is 17.4. The van der Waals surface area contributed by atoms with Gasteiger partial charge in [-0.25, -0.2) is 23.2 Å². The van der Waals surface area contributed by atoms with Crippen molar-refractivity contribution in [2.75, 3.05) is 48.7 Å². The predicted molar refractivity (Wildman–Crippen MR) is 113 cm³/mol. The van der Waals surface area contributed by atoms with E-state index in [0.717, 1.165) is 11.1 Å². The van der Waals surface area contributed by atoms with E-state index in [1.54, 1.807) is 18.5 Å². The summed E-state index contributed by atoms with van der Waals surface area (Å²) >= 11 is 0. The predicted octanol–water partition coefficient (Wildman–Crippen LogP) is 1.37. The molecule has 9 nitrogen and oxygen atoms in total. The van der Waals surface area contributed by atoms with E-state index in [1.165, 1.54) is 4.31 Å². The normalized spacial score (nSPS) is 15.2. The molecule has 10 heteroatoms. The topological polar surface area (TPSA) is 108 Å². The minimum atomic E-state index is -3.45. The number of aromatic nitrogens is 2. The molecule has 2 heterocycles. The van der Waals surface area contributed by atoms with E-state index in [2.05, 4.69) is 20.6 Å². The number of piperazine rings is 1. The molecule has 1 aromatic heterocycles. The second-order valence-electron chi connectivity index (χ2n) is 7.01. The van der Waals surface area contributed by atoms with E-state index in [9.17, 15) is 13.2 Å². The fourth-order valence-electron chi connectivity index (χ4n) is 3.27. The molecule has 0 atom stereocenters. The maximum Gasteiger partial charge on any atom is 0.319 e. The third-order valence-electron chi connectivity index (χ3n) is 4.59. The van der Waals surface area contributed by atoms with E-state index >= 15 is 0 Å². The van der Waals surface area contributed by atoms with Gasteiger partial charge in [0, 0.05) is 50.8 Å². The highest BCUT2D eigenvalue weighted by Crippen LogP contribution is 2.14. The van der Waals surface area contributed by atoms with Crippen molar-refractivity contribution in [3.05, 3.63) is 47.8 Å². The van der Waals surface area contributed by atoms with Crippen LogP contribution in [0.2, 0.25) is 0 Å². The average molecular weight is 419 g/mol. The first-order chi connectivity index (χ1) is 13.8. The Bertz CT molecular complexity index is 923. The minimum absolute atomic E-state index is 0.0426. The number of benzene rings is 1. The average Bonchev–Trinajstić information content (AvgIpc) is 2.68. The zero-order chi connectivity index (χ0) is 20.9. The maximum atomic E-state index is 12.6.